The Morgan fingerprint density at radius 1 is 0.903 bits per heavy atom. The smallest absolute Gasteiger partial charge is 0.0159 e. The Labute approximate surface area is 194 Å². The molecule has 2 aromatic carbocycles. The predicted molar refractivity (Wildman–Crippen MR) is 141 cm³/mol. The van der Waals surface area contributed by atoms with Gasteiger partial charge < -0.3 is 0 Å². The van der Waals surface area contributed by atoms with E-state index < -0.39 is 0 Å². The Kier molecular flexibility index (Phi) is 14.3. The van der Waals surface area contributed by atoms with E-state index >= 15 is 0 Å². The van der Waals surface area contributed by atoms with Crippen LogP contribution in [0.3, 0.4) is 0 Å². The molecular weight excluding hydrogens is 372 g/mol. The van der Waals surface area contributed by atoms with Crippen LogP contribution in [0.4, 0.5) is 0 Å². The minimum atomic E-state index is 0.725. The highest BCUT2D eigenvalue weighted by molar-refractivity contribution is 5.28. The van der Waals surface area contributed by atoms with Crippen LogP contribution in [0.5, 0.6) is 0 Å². The molecule has 2 aromatic rings. The molecule has 0 saturated heterocycles. The van der Waals surface area contributed by atoms with Gasteiger partial charge >= 0.3 is 0 Å². The van der Waals surface area contributed by atoms with Crippen LogP contribution in [0, 0.1) is 12.8 Å². The molecular formula is C31H50. The molecule has 31 heavy (non-hydrogen) atoms. The van der Waals surface area contributed by atoms with E-state index in [1.54, 1.807) is 5.56 Å². The Morgan fingerprint density at radius 2 is 1.61 bits per heavy atom. The first-order valence-electron chi connectivity index (χ1n) is 13.2. The summed E-state index contributed by atoms with van der Waals surface area (Å²) < 4.78 is 0. The van der Waals surface area contributed by atoms with Crippen LogP contribution in [0.2, 0.25) is 0 Å². The first-order valence-corrected chi connectivity index (χ1v) is 13.2. The number of aryl methyl sites for hydroxylation is 2. The molecule has 3 unspecified atom stereocenters. The van der Waals surface area contributed by atoms with Gasteiger partial charge in [0.15, 0.2) is 0 Å². The second kappa shape index (κ2) is 16.1. The molecule has 1 aliphatic carbocycles. The Balaban J connectivity index is 0.000000337. The molecule has 174 valence electrons. The molecule has 0 nitrogen and oxygen atoms in total. The molecule has 0 heterocycles. The summed E-state index contributed by atoms with van der Waals surface area (Å²) >= 11 is 0. The molecule has 3 atom stereocenters. The third kappa shape index (κ3) is 10.5. The summed E-state index contributed by atoms with van der Waals surface area (Å²) in [5.41, 5.74) is 5.94. The zero-order valence-corrected chi connectivity index (χ0v) is 21.7. The average molecular weight is 423 g/mol. The molecule has 0 spiro atoms. The number of hydrogen-bond acceptors (Lipinski definition) is 0. The van der Waals surface area contributed by atoms with Crippen molar-refractivity contribution in [3.63, 3.8) is 0 Å². The van der Waals surface area contributed by atoms with Crippen molar-refractivity contribution in [3.8, 4) is 0 Å². The molecule has 1 aliphatic rings. The van der Waals surface area contributed by atoms with Crippen LogP contribution < -0.4 is 0 Å². The van der Waals surface area contributed by atoms with Crippen LogP contribution >= 0.6 is 0 Å². The molecule has 1 fully saturated rings. The van der Waals surface area contributed by atoms with Crippen LogP contribution in [0.25, 0.3) is 0 Å². The summed E-state index contributed by atoms with van der Waals surface area (Å²) in [5, 5.41) is 0. The topological polar surface area (TPSA) is 0 Å². The van der Waals surface area contributed by atoms with Gasteiger partial charge in [0.25, 0.3) is 0 Å². The van der Waals surface area contributed by atoms with E-state index in [0.29, 0.717) is 0 Å². The highest BCUT2D eigenvalue weighted by Gasteiger charge is 2.22. The summed E-state index contributed by atoms with van der Waals surface area (Å²) in [7, 11) is 0. The van der Waals surface area contributed by atoms with E-state index in [9.17, 15) is 0 Å². The summed E-state index contributed by atoms with van der Waals surface area (Å²) in [4.78, 5) is 0. The van der Waals surface area contributed by atoms with E-state index in [0.717, 1.165) is 17.8 Å². The average Bonchev–Trinajstić information content (AvgIpc) is 3.22. The van der Waals surface area contributed by atoms with Gasteiger partial charge in [-0.15, -0.1) is 0 Å². The van der Waals surface area contributed by atoms with Gasteiger partial charge in [0.05, 0.1) is 0 Å². The molecule has 1 saturated carbocycles. The van der Waals surface area contributed by atoms with Crippen molar-refractivity contribution < 1.29 is 0 Å². The summed E-state index contributed by atoms with van der Waals surface area (Å²) in [6.07, 6.45) is 12.1. The number of hydrogen-bond donors (Lipinski definition) is 0. The van der Waals surface area contributed by atoms with Gasteiger partial charge in [0.1, 0.15) is 0 Å². The van der Waals surface area contributed by atoms with Gasteiger partial charge in [0.2, 0.25) is 0 Å². The van der Waals surface area contributed by atoms with E-state index in [1.807, 2.05) is 13.8 Å². The normalized spacial score (nSPS) is 18.4. The lowest BCUT2D eigenvalue weighted by atomic mass is 9.91. The number of benzene rings is 2. The Bertz CT molecular complexity index is 681. The number of rotatable bonds is 8. The SMILES string of the molecule is CC.CCCCCC(C)c1ccc(C2CCC(C)C2)cc1.CCCc1cccc(C)c1. The highest BCUT2D eigenvalue weighted by atomic mass is 14.3. The monoisotopic (exact) mass is 422 g/mol. The summed E-state index contributed by atoms with van der Waals surface area (Å²) in [6.45, 7) is 15.4. The van der Waals surface area contributed by atoms with Gasteiger partial charge in [-0.1, -0.05) is 128 Å². The van der Waals surface area contributed by atoms with Crippen molar-refractivity contribution in [2.75, 3.05) is 0 Å². The molecule has 0 N–H and O–H groups in total. The second-order valence-electron chi connectivity index (χ2n) is 9.42. The first-order chi connectivity index (χ1) is 15.0. The van der Waals surface area contributed by atoms with Crippen molar-refractivity contribution in [1.82, 2.24) is 0 Å². The minimum Gasteiger partial charge on any atom is -0.0683 e. The maximum absolute atomic E-state index is 2.40. The van der Waals surface area contributed by atoms with Crippen molar-refractivity contribution in [2.45, 2.75) is 118 Å². The fraction of sp³-hybridized carbons (Fsp3) is 0.613. The molecule has 3 rings (SSSR count). The zero-order chi connectivity index (χ0) is 23.1. The van der Waals surface area contributed by atoms with Crippen LogP contribution in [-0.4, -0.2) is 0 Å². The maximum atomic E-state index is 2.40. The molecule has 0 heteroatoms. The predicted octanol–water partition coefficient (Wildman–Crippen LogP) is 10.2. The third-order valence-electron chi connectivity index (χ3n) is 6.53. The Morgan fingerprint density at radius 3 is 2.16 bits per heavy atom. The molecule has 0 aromatic heterocycles. The number of unbranched alkanes of at least 4 members (excludes halogenated alkanes) is 2. The first kappa shape index (κ1) is 27.5. The maximum Gasteiger partial charge on any atom is -0.0159 e. The van der Waals surface area contributed by atoms with Crippen LogP contribution in [0.15, 0.2) is 48.5 Å². The van der Waals surface area contributed by atoms with Gasteiger partial charge in [-0.25, -0.2) is 0 Å². The lowest BCUT2D eigenvalue weighted by molar-refractivity contribution is 0.593. The van der Waals surface area contributed by atoms with Gasteiger partial charge in [-0.05, 0) is 67.1 Å². The van der Waals surface area contributed by atoms with Crippen LogP contribution in [0.1, 0.15) is 127 Å². The molecule has 0 radical (unpaired) electrons. The lowest BCUT2D eigenvalue weighted by Gasteiger charge is -2.14. The second-order valence-corrected chi connectivity index (χ2v) is 9.42. The largest absolute Gasteiger partial charge is 0.0683 e. The van der Waals surface area contributed by atoms with Gasteiger partial charge in [-0.2, -0.15) is 0 Å². The third-order valence-corrected chi connectivity index (χ3v) is 6.53. The van der Waals surface area contributed by atoms with E-state index in [1.165, 1.54) is 74.5 Å². The molecule has 0 aliphatic heterocycles. The van der Waals surface area contributed by atoms with E-state index in [-0.39, 0.29) is 0 Å². The van der Waals surface area contributed by atoms with Gasteiger partial charge in [0, 0.05) is 0 Å². The zero-order valence-electron chi connectivity index (χ0n) is 21.7. The quantitative estimate of drug-likeness (QED) is 0.371. The van der Waals surface area contributed by atoms with Crippen molar-refractivity contribution in [3.05, 3.63) is 70.8 Å². The fourth-order valence-corrected chi connectivity index (χ4v) is 4.63. The summed E-state index contributed by atoms with van der Waals surface area (Å²) in [5.74, 6) is 2.49. The Hall–Kier alpha value is -1.56. The molecule has 0 bridgehead atoms. The fourth-order valence-electron chi connectivity index (χ4n) is 4.63. The standard InChI is InChI=1S/C19H30.C10H14.C2H6/c1-4-5-6-7-16(3)17-10-12-18(13-11-17)19-9-8-15(2)14-19;1-3-5-10-7-4-6-9(2)8-10;1-2/h10-13,15-16,19H,4-9,14H2,1-3H3;4,6-8H,3,5H2,1-2H3;1-2H3. The van der Waals surface area contributed by atoms with Gasteiger partial charge in [-0.3, -0.25) is 0 Å². The van der Waals surface area contributed by atoms with Crippen molar-refractivity contribution in [2.24, 2.45) is 5.92 Å². The molecule has 0 amide bonds. The van der Waals surface area contributed by atoms with Crippen molar-refractivity contribution in [1.29, 1.82) is 0 Å². The van der Waals surface area contributed by atoms with E-state index in [2.05, 4.69) is 83.1 Å². The lowest BCUT2D eigenvalue weighted by Crippen LogP contribution is -1.97. The highest BCUT2D eigenvalue weighted by Crippen LogP contribution is 2.38. The summed E-state index contributed by atoms with van der Waals surface area (Å²) in [6, 6.07) is 18.3. The van der Waals surface area contributed by atoms with E-state index in [4.69, 9.17) is 0 Å². The minimum absolute atomic E-state index is 0.725. The van der Waals surface area contributed by atoms with Crippen molar-refractivity contribution >= 4 is 0 Å². The van der Waals surface area contributed by atoms with Crippen LogP contribution in [-0.2, 0) is 6.42 Å².